The number of Topliss-reactive ketones (excluding diaryl/α,β-unsaturated/α-hetero) is 1. The van der Waals surface area contributed by atoms with Crippen molar-refractivity contribution in [3.63, 3.8) is 0 Å². The fraction of sp³-hybridized carbons (Fsp3) is 0.0870. The van der Waals surface area contributed by atoms with Crippen LogP contribution in [0.25, 0.3) is 11.3 Å². The molecule has 2 nitrogen and oxygen atoms in total. The van der Waals surface area contributed by atoms with Crippen LogP contribution < -0.4 is 5.32 Å². The van der Waals surface area contributed by atoms with Gasteiger partial charge in [-0.15, -0.1) is 0 Å². The van der Waals surface area contributed by atoms with E-state index in [1.807, 2.05) is 54.6 Å². The van der Waals surface area contributed by atoms with Crippen molar-refractivity contribution in [1.29, 1.82) is 0 Å². The molecule has 3 aromatic carbocycles. The standard InChI is InChI=1S/C23H19NO/c1-15-12-13-20(16(2)14-15)24-22-18-10-6-7-11-19(18)23(25)21(22)17-8-4-3-5-9-17/h3-14,24H,1-2H3. The van der Waals surface area contributed by atoms with Crippen LogP contribution in [-0.2, 0) is 0 Å². The zero-order valence-electron chi connectivity index (χ0n) is 14.3. The molecule has 25 heavy (non-hydrogen) atoms. The van der Waals surface area contributed by atoms with Crippen molar-refractivity contribution in [2.45, 2.75) is 13.8 Å². The zero-order valence-corrected chi connectivity index (χ0v) is 14.3. The van der Waals surface area contributed by atoms with Gasteiger partial charge in [-0.05, 0) is 31.0 Å². The topological polar surface area (TPSA) is 29.1 Å². The molecule has 0 aromatic heterocycles. The number of ketones is 1. The Morgan fingerprint density at radius 1 is 0.760 bits per heavy atom. The molecular formula is C23H19NO. The first-order valence-electron chi connectivity index (χ1n) is 8.43. The van der Waals surface area contributed by atoms with Gasteiger partial charge in [0.05, 0.1) is 11.3 Å². The van der Waals surface area contributed by atoms with E-state index in [1.54, 1.807) is 0 Å². The Balaban J connectivity index is 1.89. The van der Waals surface area contributed by atoms with Gasteiger partial charge in [0, 0.05) is 16.8 Å². The third-order valence-electron chi connectivity index (χ3n) is 4.62. The lowest BCUT2D eigenvalue weighted by molar-refractivity contribution is 0.105. The molecule has 0 aliphatic heterocycles. The van der Waals surface area contributed by atoms with Crippen LogP contribution in [0.2, 0.25) is 0 Å². The van der Waals surface area contributed by atoms with Gasteiger partial charge in [0.1, 0.15) is 0 Å². The highest BCUT2D eigenvalue weighted by Crippen LogP contribution is 2.39. The predicted molar refractivity (Wildman–Crippen MR) is 104 cm³/mol. The van der Waals surface area contributed by atoms with E-state index in [0.29, 0.717) is 0 Å². The number of benzene rings is 3. The summed E-state index contributed by atoms with van der Waals surface area (Å²) >= 11 is 0. The van der Waals surface area contributed by atoms with Crippen molar-refractivity contribution >= 4 is 22.7 Å². The highest BCUT2D eigenvalue weighted by Gasteiger charge is 2.30. The minimum Gasteiger partial charge on any atom is -0.354 e. The number of anilines is 1. The van der Waals surface area contributed by atoms with Gasteiger partial charge in [-0.3, -0.25) is 4.79 Å². The molecule has 0 atom stereocenters. The van der Waals surface area contributed by atoms with Gasteiger partial charge in [0.15, 0.2) is 5.78 Å². The summed E-state index contributed by atoms with van der Waals surface area (Å²) in [4.78, 5) is 13.0. The minimum atomic E-state index is 0.0778. The smallest absolute Gasteiger partial charge is 0.196 e. The second kappa shape index (κ2) is 6.06. The van der Waals surface area contributed by atoms with E-state index in [1.165, 1.54) is 5.56 Å². The minimum absolute atomic E-state index is 0.0778. The molecule has 1 aliphatic carbocycles. The molecule has 0 spiro atoms. The van der Waals surface area contributed by atoms with E-state index in [2.05, 4.69) is 37.4 Å². The van der Waals surface area contributed by atoms with Crippen molar-refractivity contribution in [3.05, 3.63) is 101 Å². The molecule has 0 fully saturated rings. The summed E-state index contributed by atoms with van der Waals surface area (Å²) in [5.74, 6) is 0.0778. The lowest BCUT2D eigenvalue weighted by atomic mass is 10.0. The third-order valence-corrected chi connectivity index (χ3v) is 4.62. The zero-order chi connectivity index (χ0) is 17.4. The molecule has 2 heteroatoms. The first kappa shape index (κ1) is 15.4. The normalized spacial score (nSPS) is 13.1. The number of hydrogen-bond acceptors (Lipinski definition) is 2. The molecule has 0 bridgehead atoms. The Hall–Kier alpha value is -3.13. The lowest BCUT2D eigenvalue weighted by Crippen LogP contribution is -2.02. The van der Waals surface area contributed by atoms with Crippen LogP contribution in [0, 0.1) is 13.8 Å². The molecule has 1 N–H and O–H groups in total. The monoisotopic (exact) mass is 325 g/mol. The Bertz CT molecular complexity index is 1000. The molecular weight excluding hydrogens is 306 g/mol. The number of carbonyl (C=O) groups excluding carboxylic acids is 1. The first-order chi connectivity index (χ1) is 12.1. The van der Waals surface area contributed by atoms with Crippen molar-refractivity contribution < 1.29 is 4.79 Å². The number of allylic oxidation sites excluding steroid dienone is 1. The van der Waals surface area contributed by atoms with Gasteiger partial charge in [0.25, 0.3) is 0 Å². The average Bonchev–Trinajstić information content (AvgIpc) is 2.91. The van der Waals surface area contributed by atoms with E-state index in [0.717, 1.165) is 39.2 Å². The first-order valence-corrected chi connectivity index (χ1v) is 8.43. The summed E-state index contributed by atoms with van der Waals surface area (Å²) in [7, 11) is 0. The van der Waals surface area contributed by atoms with Gasteiger partial charge >= 0.3 is 0 Å². The Morgan fingerprint density at radius 3 is 2.16 bits per heavy atom. The summed E-state index contributed by atoms with van der Waals surface area (Å²) in [5, 5.41) is 3.53. The maximum Gasteiger partial charge on any atom is 0.196 e. The fourth-order valence-electron chi connectivity index (χ4n) is 3.38. The third kappa shape index (κ3) is 2.66. The van der Waals surface area contributed by atoms with Crippen LogP contribution >= 0.6 is 0 Å². The van der Waals surface area contributed by atoms with Gasteiger partial charge in [-0.1, -0.05) is 72.3 Å². The predicted octanol–water partition coefficient (Wildman–Crippen LogP) is 5.48. The Morgan fingerprint density at radius 2 is 1.44 bits per heavy atom. The summed E-state index contributed by atoms with van der Waals surface area (Å²) in [6.45, 7) is 4.17. The molecule has 122 valence electrons. The number of hydrogen-bond donors (Lipinski definition) is 1. The van der Waals surface area contributed by atoms with Crippen LogP contribution in [0.1, 0.15) is 32.6 Å². The highest BCUT2D eigenvalue weighted by atomic mass is 16.1. The van der Waals surface area contributed by atoms with Crippen LogP contribution in [0.4, 0.5) is 5.69 Å². The summed E-state index contributed by atoms with van der Waals surface area (Å²) < 4.78 is 0. The molecule has 3 aromatic rings. The van der Waals surface area contributed by atoms with E-state index in [4.69, 9.17) is 0 Å². The van der Waals surface area contributed by atoms with Crippen LogP contribution in [0.3, 0.4) is 0 Å². The van der Waals surface area contributed by atoms with Crippen molar-refractivity contribution in [3.8, 4) is 0 Å². The van der Waals surface area contributed by atoms with Crippen LogP contribution in [-0.4, -0.2) is 5.78 Å². The van der Waals surface area contributed by atoms with Crippen molar-refractivity contribution in [2.24, 2.45) is 0 Å². The molecule has 1 aliphatic rings. The van der Waals surface area contributed by atoms with Crippen LogP contribution in [0.15, 0.2) is 72.8 Å². The quantitative estimate of drug-likeness (QED) is 0.691. The molecule has 0 saturated heterocycles. The van der Waals surface area contributed by atoms with E-state index in [-0.39, 0.29) is 5.78 Å². The number of rotatable bonds is 3. The average molecular weight is 325 g/mol. The van der Waals surface area contributed by atoms with Gasteiger partial charge in [-0.25, -0.2) is 0 Å². The Kier molecular flexibility index (Phi) is 3.73. The number of nitrogens with one attached hydrogen (secondary N) is 1. The van der Waals surface area contributed by atoms with E-state index >= 15 is 0 Å². The van der Waals surface area contributed by atoms with Gasteiger partial charge in [-0.2, -0.15) is 0 Å². The molecule has 0 saturated carbocycles. The second-order valence-corrected chi connectivity index (χ2v) is 6.43. The Labute approximate surface area is 147 Å². The lowest BCUT2D eigenvalue weighted by Gasteiger charge is -2.14. The molecule has 4 rings (SSSR count). The van der Waals surface area contributed by atoms with E-state index in [9.17, 15) is 4.79 Å². The highest BCUT2D eigenvalue weighted by molar-refractivity contribution is 6.40. The largest absolute Gasteiger partial charge is 0.354 e. The SMILES string of the molecule is Cc1ccc(NC2=C(c3ccccc3)C(=O)c3ccccc32)c(C)c1. The summed E-state index contributed by atoms with van der Waals surface area (Å²) in [6, 6.07) is 24.0. The number of aryl methyl sites for hydroxylation is 2. The van der Waals surface area contributed by atoms with Gasteiger partial charge < -0.3 is 5.32 Å². The van der Waals surface area contributed by atoms with Crippen LogP contribution in [0.5, 0.6) is 0 Å². The van der Waals surface area contributed by atoms with Crippen molar-refractivity contribution in [1.82, 2.24) is 0 Å². The molecule has 0 unspecified atom stereocenters. The molecule has 0 heterocycles. The van der Waals surface area contributed by atoms with Crippen molar-refractivity contribution in [2.75, 3.05) is 5.32 Å². The molecule has 0 radical (unpaired) electrons. The maximum atomic E-state index is 13.0. The second-order valence-electron chi connectivity index (χ2n) is 6.43. The number of fused-ring (bicyclic) bond motifs is 1. The molecule has 0 amide bonds. The fourth-order valence-corrected chi connectivity index (χ4v) is 3.38. The van der Waals surface area contributed by atoms with E-state index < -0.39 is 0 Å². The number of carbonyl (C=O) groups is 1. The summed E-state index contributed by atoms with van der Waals surface area (Å²) in [5.41, 5.74) is 7.70. The maximum absolute atomic E-state index is 13.0. The van der Waals surface area contributed by atoms with Gasteiger partial charge in [0.2, 0.25) is 0 Å². The summed E-state index contributed by atoms with van der Waals surface area (Å²) in [6.07, 6.45) is 0.